The van der Waals surface area contributed by atoms with Crippen LogP contribution in [0.4, 0.5) is 0 Å². The average molecular weight is 324 g/mol. The molecule has 104 valence electrons. The molecule has 4 bridgehead atoms. The van der Waals surface area contributed by atoms with Crippen LogP contribution in [0.15, 0.2) is 0 Å². The first-order valence-electron chi connectivity index (χ1n) is 6.34. The summed E-state index contributed by atoms with van der Waals surface area (Å²) in [5.41, 5.74) is -2.39. The van der Waals surface area contributed by atoms with Crippen LogP contribution in [0.5, 0.6) is 0 Å². The van der Waals surface area contributed by atoms with Gasteiger partial charge in [0.1, 0.15) is 0 Å². The fourth-order valence-electron chi connectivity index (χ4n) is 5.10. The van der Waals surface area contributed by atoms with Gasteiger partial charge in [-0.3, -0.25) is 14.4 Å². The number of carbonyl (C=O) groups is 3. The summed E-state index contributed by atoms with van der Waals surface area (Å²) in [5, 5.41) is -1.37. The van der Waals surface area contributed by atoms with Crippen molar-refractivity contribution in [2.24, 2.45) is 22.2 Å². The zero-order valence-corrected chi connectivity index (χ0v) is 12.4. The lowest BCUT2D eigenvalue weighted by Crippen LogP contribution is -2.61. The molecule has 0 aromatic rings. The smallest absolute Gasteiger partial charge is 0.227 e. The Bertz CT molecular complexity index is 422. The SMILES string of the molecule is O=C(Cl)C12CC3CC(C(=O)Cl)(C1)CC(C(=O)Cl)(C3)C2. The van der Waals surface area contributed by atoms with Crippen LogP contribution in [-0.4, -0.2) is 15.7 Å². The van der Waals surface area contributed by atoms with Crippen molar-refractivity contribution in [3.05, 3.63) is 0 Å². The molecule has 0 heterocycles. The molecule has 0 radical (unpaired) electrons. The molecule has 4 fully saturated rings. The van der Waals surface area contributed by atoms with Crippen LogP contribution in [0.2, 0.25) is 0 Å². The van der Waals surface area contributed by atoms with Crippen LogP contribution in [0.25, 0.3) is 0 Å². The Labute approximate surface area is 125 Å². The maximum Gasteiger partial charge on any atom is 0.227 e. The van der Waals surface area contributed by atoms with Crippen LogP contribution in [0.3, 0.4) is 0 Å². The molecular weight excluding hydrogens is 310 g/mol. The van der Waals surface area contributed by atoms with Gasteiger partial charge in [-0.25, -0.2) is 0 Å². The third-order valence-corrected chi connectivity index (χ3v) is 6.52. The van der Waals surface area contributed by atoms with Crippen LogP contribution in [0, 0.1) is 22.2 Å². The molecule has 3 nitrogen and oxygen atoms in total. The van der Waals surface area contributed by atoms with E-state index in [1.54, 1.807) is 0 Å². The fraction of sp³-hybridized carbons (Fsp3) is 0.769. The van der Waals surface area contributed by atoms with Gasteiger partial charge in [0.25, 0.3) is 0 Å². The first-order valence-corrected chi connectivity index (χ1v) is 7.47. The average Bonchev–Trinajstić information content (AvgIpc) is 2.26. The number of hydrogen-bond acceptors (Lipinski definition) is 3. The van der Waals surface area contributed by atoms with E-state index < -0.39 is 32.0 Å². The monoisotopic (exact) mass is 322 g/mol. The van der Waals surface area contributed by atoms with Gasteiger partial charge in [-0.1, -0.05) is 0 Å². The molecule has 4 aliphatic carbocycles. The predicted octanol–water partition coefficient (Wildman–Crippen LogP) is 3.24. The molecule has 0 atom stereocenters. The molecule has 0 aliphatic heterocycles. The Hall–Kier alpha value is -0.120. The number of halogens is 3. The molecule has 0 N–H and O–H groups in total. The van der Waals surface area contributed by atoms with E-state index in [0.29, 0.717) is 38.5 Å². The van der Waals surface area contributed by atoms with E-state index in [0.717, 1.165) is 0 Å². The van der Waals surface area contributed by atoms with Crippen molar-refractivity contribution >= 4 is 50.5 Å². The minimum atomic E-state index is -0.796. The predicted molar refractivity (Wildman–Crippen MR) is 71.1 cm³/mol. The quantitative estimate of drug-likeness (QED) is 0.749. The highest BCUT2D eigenvalue weighted by Gasteiger charge is 2.69. The van der Waals surface area contributed by atoms with Gasteiger partial charge in [0.15, 0.2) is 0 Å². The summed E-state index contributed by atoms with van der Waals surface area (Å²) in [7, 11) is 0. The van der Waals surface area contributed by atoms with Crippen molar-refractivity contribution in [1.29, 1.82) is 0 Å². The van der Waals surface area contributed by atoms with Crippen molar-refractivity contribution in [1.82, 2.24) is 0 Å². The fourth-order valence-corrected chi connectivity index (χ4v) is 5.73. The summed E-state index contributed by atoms with van der Waals surface area (Å²) in [5.74, 6) is 0.129. The summed E-state index contributed by atoms with van der Waals surface area (Å²) >= 11 is 17.4. The molecule has 0 aromatic heterocycles. The Balaban J connectivity index is 2.13. The molecule has 4 saturated carbocycles. The Morgan fingerprint density at radius 1 is 0.684 bits per heavy atom. The van der Waals surface area contributed by atoms with E-state index >= 15 is 0 Å². The Morgan fingerprint density at radius 3 is 1.16 bits per heavy atom. The molecule has 0 aromatic carbocycles. The van der Waals surface area contributed by atoms with E-state index in [2.05, 4.69) is 0 Å². The zero-order chi connectivity index (χ0) is 14.1. The minimum Gasteiger partial charge on any atom is -0.281 e. The highest BCUT2D eigenvalue weighted by Crippen LogP contribution is 2.71. The molecular formula is C13H13Cl3O3. The summed E-state index contributed by atoms with van der Waals surface area (Å²) < 4.78 is 0. The van der Waals surface area contributed by atoms with Gasteiger partial charge >= 0.3 is 0 Å². The number of hydrogen-bond donors (Lipinski definition) is 0. The lowest BCUT2D eigenvalue weighted by Gasteiger charge is -2.63. The van der Waals surface area contributed by atoms with Crippen molar-refractivity contribution in [2.45, 2.75) is 38.5 Å². The maximum absolute atomic E-state index is 11.9. The second kappa shape index (κ2) is 3.96. The maximum atomic E-state index is 11.9. The van der Waals surface area contributed by atoms with Crippen molar-refractivity contribution < 1.29 is 14.4 Å². The molecule has 4 aliphatic rings. The van der Waals surface area contributed by atoms with E-state index in [1.165, 1.54) is 0 Å². The third-order valence-electron chi connectivity index (χ3n) is 5.32. The molecule has 0 saturated heterocycles. The van der Waals surface area contributed by atoms with Gasteiger partial charge < -0.3 is 0 Å². The topological polar surface area (TPSA) is 51.2 Å². The molecule has 6 heteroatoms. The Kier molecular flexibility index (Phi) is 2.88. The lowest BCUT2D eigenvalue weighted by molar-refractivity contribution is -0.174. The first-order chi connectivity index (χ1) is 8.74. The number of rotatable bonds is 3. The van der Waals surface area contributed by atoms with Crippen molar-refractivity contribution in [2.75, 3.05) is 0 Å². The van der Waals surface area contributed by atoms with Gasteiger partial charge in [0.2, 0.25) is 15.7 Å². The van der Waals surface area contributed by atoms with E-state index in [4.69, 9.17) is 34.8 Å². The summed E-state index contributed by atoms with van der Waals surface area (Å²) in [4.78, 5) is 35.7. The van der Waals surface area contributed by atoms with Crippen molar-refractivity contribution in [3.8, 4) is 0 Å². The zero-order valence-electron chi connectivity index (χ0n) is 10.2. The van der Waals surface area contributed by atoms with Gasteiger partial charge in [-0.15, -0.1) is 0 Å². The third kappa shape index (κ3) is 1.74. The molecule has 0 amide bonds. The van der Waals surface area contributed by atoms with Crippen molar-refractivity contribution in [3.63, 3.8) is 0 Å². The van der Waals surface area contributed by atoms with E-state index in [1.807, 2.05) is 0 Å². The lowest BCUT2D eigenvalue weighted by atomic mass is 9.40. The largest absolute Gasteiger partial charge is 0.281 e. The highest BCUT2D eigenvalue weighted by atomic mass is 35.5. The van der Waals surface area contributed by atoms with Crippen LogP contribution in [-0.2, 0) is 14.4 Å². The van der Waals surface area contributed by atoms with Gasteiger partial charge in [-0.05, 0) is 79.2 Å². The van der Waals surface area contributed by atoms with Crippen LogP contribution >= 0.6 is 34.8 Å². The summed E-state index contributed by atoms with van der Waals surface area (Å²) in [6.45, 7) is 0. The summed E-state index contributed by atoms with van der Waals surface area (Å²) in [6.07, 6.45) is 3.04. The Morgan fingerprint density at radius 2 is 0.947 bits per heavy atom. The van der Waals surface area contributed by atoms with E-state index in [9.17, 15) is 14.4 Å². The highest BCUT2D eigenvalue weighted by molar-refractivity contribution is 6.67. The summed E-state index contributed by atoms with van der Waals surface area (Å²) in [6, 6.07) is 0. The second-order valence-corrected chi connectivity index (χ2v) is 7.70. The first kappa shape index (κ1) is 13.8. The minimum absolute atomic E-state index is 0.129. The van der Waals surface area contributed by atoms with Gasteiger partial charge in [0, 0.05) is 16.2 Å². The van der Waals surface area contributed by atoms with E-state index in [-0.39, 0.29) is 5.92 Å². The van der Waals surface area contributed by atoms with Crippen LogP contribution < -0.4 is 0 Å². The molecule has 0 unspecified atom stereocenters. The van der Waals surface area contributed by atoms with Gasteiger partial charge in [0.05, 0.1) is 0 Å². The van der Waals surface area contributed by atoms with Gasteiger partial charge in [-0.2, -0.15) is 0 Å². The number of carbonyl (C=O) groups excluding carboxylic acids is 3. The molecule has 0 spiro atoms. The molecule has 19 heavy (non-hydrogen) atoms. The standard InChI is InChI=1S/C13H13Cl3O3/c14-8(17)11-1-7-2-12(4-11,9(15)18)6-13(3-7,5-11)10(16)19/h7H,1-6H2. The molecule has 4 rings (SSSR count). The normalized spacial score (nSPS) is 47.2. The van der Waals surface area contributed by atoms with Crippen LogP contribution in [0.1, 0.15) is 38.5 Å². The second-order valence-electron chi connectivity index (χ2n) is 6.67.